The monoisotopic (exact) mass is 345 g/mol. The average molecular weight is 346 g/mol. The molecule has 21 heavy (non-hydrogen) atoms. The molecule has 1 heterocycles. The zero-order valence-electron chi connectivity index (χ0n) is 11.3. The molecule has 0 saturated carbocycles. The van der Waals surface area contributed by atoms with Crippen molar-refractivity contribution in [3.63, 3.8) is 0 Å². The van der Waals surface area contributed by atoms with Crippen LogP contribution >= 0.6 is 15.9 Å². The van der Waals surface area contributed by atoms with Crippen molar-refractivity contribution in [3.05, 3.63) is 58.4 Å². The number of nitrogens with two attached hydrogens (primary N) is 1. The fraction of sp³-hybridized carbons (Fsp3) is 0.0625. The van der Waals surface area contributed by atoms with Gasteiger partial charge in [0.1, 0.15) is 5.82 Å². The van der Waals surface area contributed by atoms with E-state index < -0.39 is 0 Å². The molecule has 0 unspecified atom stereocenters. The van der Waals surface area contributed by atoms with Gasteiger partial charge in [-0.1, -0.05) is 0 Å². The summed E-state index contributed by atoms with van der Waals surface area (Å²) in [6, 6.07) is 10.3. The Bertz CT molecular complexity index is 833. The van der Waals surface area contributed by atoms with Crippen molar-refractivity contribution >= 4 is 43.9 Å². The van der Waals surface area contributed by atoms with Gasteiger partial charge in [-0.25, -0.2) is 4.39 Å². The summed E-state index contributed by atoms with van der Waals surface area (Å²) in [6.45, 7) is 1.86. The second-order valence-corrected chi connectivity index (χ2v) is 5.75. The van der Waals surface area contributed by atoms with Crippen LogP contribution in [0.2, 0.25) is 0 Å². The highest BCUT2D eigenvalue weighted by atomic mass is 79.9. The first-order valence-corrected chi connectivity index (χ1v) is 7.21. The van der Waals surface area contributed by atoms with Crippen molar-refractivity contribution in [1.82, 2.24) is 4.98 Å². The van der Waals surface area contributed by atoms with Crippen LogP contribution in [-0.2, 0) is 0 Å². The predicted molar refractivity (Wildman–Crippen MR) is 88.3 cm³/mol. The summed E-state index contributed by atoms with van der Waals surface area (Å²) in [5.41, 5.74) is 9.95. The number of aryl methyl sites for hydroxylation is 1. The van der Waals surface area contributed by atoms with Gasteiger partial charge >= 0.3 is 0 Å². The minimum atomic E-state index is -0.248. The van der Waals surface area contributed by atoms with E-state index in [9.17, 15) is 4.39 Å². The number of hydrogen-bond donors (Lipinski definition) is 2. The molecule has 0 aliphatic heterocycles. The molecule has 0 fully saturated rings. The predicted octanol–water partition coefficient (Wildman–Crippen LogP) is 4.77. The van der Waals surface area contributed by atoms with E-state index in [1.165, 1.54) is 12.1 Å². The number of benzene rings is 2. The Morgan fingerprint density at radius 3 is 2.67 bits per heavy atom. The lowest BCUT2D eigenvalue weighted by Gasteiger charge is -2.13. The van der Waals surface area contributed by atoms with Crippen LogP contribution in [0.1, 0.15) is 5.56 Å². The third kappa shape index (κ3) is 2.69. The fourth-order valence-electron chi connectivity index (χ4n) is 2.23. The average Bonchev–Trinajstić information content (AvgIpc) is 2.45. The van der Waals surface area contributed by atoms with E-state index in [0.29, 0.717) is 5.69 Å². The number of nitrogens with zero attached hydrogens (tertiary/aromatic N) is 1. The maximum Gasteiger partial charge on any atom is 0.123 e. The molecule has 3 rings (SSSR count). The molecule has 106 valence electrons. The van der Waals surface area contributed by atoms with Gasteiger partial charge in [-0.05, 0) is 64.8 Å². The molecule has 0 bridgehead atoms. The van der Waals surface area contributed by atoms with E-state index in [2.05, 4.69) is 26.2 Å². The fourth-order valence-corrected chi connectivity index (χ4v) is 2.56. The molecule has 0 atom stereocenters. The lowest BCUT2D eigenvalue weighted by atomic mass is 10.1. The number of hydrogen-bond acceptors (Lipinski definition) is 3. The third-order valence-corrected chi connectivity index (χ3v) is 3.74. The van der Waals surface area contributed by atoms with Crippen molar-refractivity contribution in [2.75, 3.05) is 11.1 Å². The Morgan fingerprint density at radius 1 is 1.14 bits per heavy atom. The summed E-state index contributed by atoms with van der Waals surface area (Å²) in [6.07, 6.45) is 1.73. The Hall–Kier alpha value is -2.14. The second kappa shape index (κ2) is 5.33. The molecule has 0 amide bonds. The van der Waals surface area contributed by atoms with E-state index >= 15 is 0 Å². The van der Waals surface area contributed by atoms with Gasteiger partial charge in [0.2, 0.25) is 0 Å². The van der Waals surface area contributed by atoms with Crippen molar-refractivity contribution in [2.45, 2.75) is 6.92 Å². The third-order valence-electron chi connectivity index (χ3n) is 3.31. The van der Waals surface area contributed by atoms with Crippen molar-refractivity contribution < 1.29 is 4.39 Å². The highest BCUT2D eigenvalue weighted by Crippen LogP contribution is 2.31. The van der Waals surface area contributed by atoms with Crippen LogP contribution in [0, 0.1) is 12.7 Å². The molecule has 0 aliphatic carbocycles. The van der Waals surface area contributed by atoms with Crippen LogP contribution in [0.25, 0.3) is 10.9 Å². The number of fused-ring (bicyclic) bond motifs is 1. The van der Waals surface area contributed by atoms with Crippen LogP contribution in [0.4, 0.5) is 21.5 Å². The number of nitrogen functional groups attached to an aromatic ring is 1. The lowest BCUT2D eigenvalue weighted by Crippen LogP contribution is -1.97. The van der Waals surface area contributed by atoms with Gasteiger partial charge in [-0.15, -0.1) is 0 Å². The number of pyridine rings is 1. The molecule has 0 radical (unpaired) electrons. The SMILES string of the molecule is Cc1cc(F)ccc1Nc1ccc(N)c2cc(Br)cnc12. The molecule has 3 nitrogen and oxygen atoms in total. The minimum Gasteiger partial charge on any atom is -0.398 e. The van der Waals surface area contributed by atoms with Gasteiger partial charge in [0, 0.05) is 27.4 Å². The summed E-state index contributed by atoms with van der Waals surface area (Å²) >= 11 is 3.40. The van der Waals surface area contributed by atoms with E-state index in [1.54, 1.807) is 12.3 Å². The molecular weight excluding hydrogens is 333 g/mol. The second-order valence-electron chi connectivity index (χ2n) is 4.84. The Kier molecular flexibility index (Phi) is 3.51. The van der Waals surface area contributed by atoms with Gasteiger partial charge in [-0.2, -0.15) is 0 Å². The molecule has 0 aliphatic rings. The van der Waals surface area contributed by atoms with Crippen LogP contribution in [-0.4, -0.2) is 4.98 Å². The largest absolute Gasteiger partial charge is 0.398 e. The lowest BCUT2D eigenvalue weighted by molar-refractivity contribution is 0.627. The number of anilines is 3. The molecule has 3 N–H and O–H groups in total. The first kappa shape index (κ1) is 13.8. The Balaban J connectivity index is 2.11. The number of halogens is 2. The quantitative estimate of drug-likeness (QED) is 0.657. The Labute approximate surface area is 130 Å². The summed E-state index contributed by atoms with van der Waals surface area (Å²) in [5, 5.41) is 4.16. The standard InChI is InChI=1S/C16H13BrFN3/c1-9-6-11(18)2-4-14(9)21-15-5-3-13(19)12-7-10(17)8-20-16(12)15/h2-8,21H,19H2,1H3. The van der Waals surface area contributed by atoms with Gasteiger partial charge in [0.05, 0.1) is 11.2 Å². The Morgan fingerprint density at radius 2 is 1.90 bits per heavy atom. The zero-order valence-corrected chi connectivity index (χ0v) is 12.9. The van der Waals surface area contributed by atoms with Gasteiger partial charge in [0.15, 0.2) is 0 Å². The molecular formula is C16H13BrFN3. The van der Waals surface area contributed by atoms with Crippen LogP contribution in [0.3, 0.4) is 0 Å². The molecule has 5 heteroatoms. The summed E-state index contributed by atoms with van der Waals surface area (Å²) in [5.74, 6) is -0.248. The molecule has 0 saturated heterocycles. The summed E-state index contributed by atoms with van der Waals surface area (Å²) < 4.78 is 14.0. The van der Waals surface area contributed by atoms with E-state index in [-0.39, 0.29) is 5.82 Å². The molecule has 0 spiro atoms. The van der Waals surface area contributed by atoms with Crippen LogP contribution < -0.4 is 11.1 Å². The van der Waals surface area contributed by atoms with Crippen molar-refractivity contribution in [2.24, 2.45) is 0 Å². The molecule has 2 aromatic carbocycles. The van der Waals surface area contributed by atoms with E-state index in [4.69, 9.17) is 5.73 Å². The highest BCUT2D eigenvalue weighted by Gasteiger charge is 2.08. The number of aromatic nitrogens is 1. The van der Waals surface area contributed by atoms with Crippen LogP contribution in [0.15, 0.2) is 47.1 Å². The van der Waals surface area contributed by atoms with E-state index in [1.807, 2.05) is 25.1 Å². The van der Waals surface area contributed by atoms with Gasteiger partial charge < -0.3 is 11.1 Å². The van der Waals surface area contributed by atoms with E-state index in [0.717, 1.165) is 32.3 Å². The number of nitrogens with one attached hydrogen (secondary N) is 1. The summed E-state index contributed by atoms with van der Waals surface area (Å²) in [4.78, 5) is 4.42. The molecule has 3 aromatic rings. The first-order chi connectivity index (χ1) is 10.0. The first-order valence-electron chi connectivity index (χ1n) is 6.41. The minimum absolute atomic E-state index is 0.248. The van der Waals surface area contributed by atoms with Gasteiger partial charge in [0.25, 0.3) is 0 Å². The van der Waals surface area contributed by atoms with Crippen LogP contribution in [0.5, 0.6) is 0 Å². The van der Waals surface area contributed by atoms with Crippen molar-refractivity contribution in [1.29, 1.82) is 0 Å². The zero-order chi connectivity index (χ0) is 15.0. The summed E-state index contributed by atoms with van der Waals surface area (Å²) in [7, 11) is 0. The van der Waals surface area contributed by atoms with Crippen molar-refractivity contribution in [3.8, 4) is 0 Å². The van der Waals surface area contributed by atoms with Gasteiger partial charge in [-0.3, -0.25) is 4.98 Å². The molecule has 1 aromatic heterocycles. The maximum atomic E-state index is 13.2. The smallest absolute Gasteiger partial charge is 0.123 e. The maximum absolute atomic E-state index is 13.2. The number of rotatable bonds is 2. The normalized spacial score (nSPS) is 10.8. The topological polar surface area (TPSA) is 50.9 Å². The highest BCUT2D eigenvalue weighted by molar-refractivity contribution is 9.10.